The molecule has 27 nitrogen and oxygen atoms in total. The Kier molecular flexibility index (Phi) is 20.0. The number of esters is 2. The van der Waals surface area contributed by atoms with Crippen molar-refractivity contribution in [2.24, 2.45) is 50.2 Å². The standard InChI is InChI=1S/C61H96O27/c1-12-24(2)51(78)88-49-48(75)61(23-79-26(4)64)28(19-56(49,5)6)27-13-14-32-58(9)17-16-34(57(7,8)31(58)15-18-59(32,10)60(27,11)20-33(61)65)83-55-47(87-53-42(73)39(70)36(67)29(21-62)81-53)44(43(74)45(85-55)50(76)77)84-54-46(40(71)37(68)30(22-63)82-54)86-52-41(72)38(69)35(66)25(3)80-52/h12-13,25,28-49,52-55,62-63,65-75H,14-23H2,1-11H3,(H,76,77). The first kappa shape index (κ1) is 69.4. The molecule has 4 heterocycles. The van der Waals surface area contributed by atoms with Crippen LogP contribution in [0.2, 0.25) is 0 Å². The van der Waals surface area contributed by atoms with E-state index in [1.807, 2.05) is 27.7 Å². The van der Waals surface area contributed by atoms with E-state index >= 15 is 0 Å². The Bertz CT molecular complexity index is 2580. The van der Waals surface area contributed by atoms with Crippen LogP contribution in [-0.2, 0) is 61.8 Å². The van der Waals surface area contributed by atoms with Crippen molar-refractivity contribution in [3.8, 4) is 0 Å². The van der Waals surface area contributed by atoms with Crippen molar-refractivity contribution in [2.45, 2.75) is 268 Å². The highest BCUT2D eigenvalue weighted by Crippen LogP contribution is 2.76. The van der Waals surface area contributed by atoms with Gasteiger partial charge in [0.1, 0.15) is 104 Å². The van der Waals surface area contributed by atoms with Crippen molar-refractivity contribution in [3.05, 3.63) is 23.3 Å². The normalized spacial score (nSPS) is 50.9. The lowest BCUT2D eigenvalue weighted by molar-refractivity contribution is -0.406. The number of hydrogen-bond acceptors (Lipinski definition) is 26. The van der Waals surface area contributed by atoms with Gasteiger partial charge in [-0.25, -0.2) is 9.59 Å². The van der Waals surface area contributed by atoms with Crippen LogP contribution < -0.4 is 0 Å². The average Bonchev–Trinajstić information content (AvgIpc) is 0.674. The molecular weight excluding hydrogens is 1160 g/mol. The van der Waals surface area contributed by atoms with Gasteiger partial charge in [-0.1, -0.05) is 66.2 Å². The fraction of sp³-hybridized carbons (Fsp3) is 0.885. The highest BCUT2D eigenvalue weighted by Gasteiger charge is 2.74. The van der Waals surface area contributed by atoms with Crippen LogP contribution in [0.15, 0.2) is 23.3 Å². The number of hydrogen-bond donors (Lipinski definition) is 14. The van der Waals surface area contributed by atoms with Crippen LogP contribution in [0.3, 0.4) is 0 Å². The lowest BCUT2D eigenvalue weighted by atomic mass is 9.33. The molecule has 5 aliphatic carbocycles. The molecule has 502 valence electrons. The van der Waals surface area contributed by atoms with Gasteiger partial charge in [-0.2, -0.15) is 0 Å². The molecule has 8 fully saturated rings. The van der Waals surface area contributed by atoms with Crippen molar-refractivity contribution in [1.29, 1.82) is 0 Å². The summed E-state index contributed by atoms with van der Waals surface area (Å²) in [6.07, 6.45) is -35.5. The molecule has 27 heteroatoms. The predicted octanol–water partition coefficient (Wildman–Crippen LogP) is -1.44. The number of aliphatic hydroxyl groups excluding tert-OH is 13. The van der Waals surface area contributed by atoms with Crippen LogP contribution in [0.1, 0.15) is 121 Å². The van der Waals surface area contributed by atoms with Crippen molar-refractivity contribution in [2.75, 3.05) is 19.8 Å². The van der Waals surface area contributed by atoms with Gasteiger partial charge in [0.2, 0.25) is 0 Å². The molecule has 0 spiro atoms. The van der Waals surface area contributed by atoms with E-state index in [4.69, 9.17) is 47.4 Å². The first-order chi connectivity index (χ1) is 41.0. The first-order valence-electron chi connectivity index (χ1n) is 30.9. The van der Waals surface area contributed by atoms with Crippen molar-refractivity contribution in [3.63, 3.8) is 0 Å². The van der Waals surface area contributed by atoms with Crippen molar-refractivity contribution in [1.82, 2.24) is 0 Å². The molecule has 0 radical (unpaired) electrons. The Morgan fingerprint density at radius 2 is 1.20 bits per heavy atom. The molecule has 0 amide bonds. The van der Waals surface area contributed by atoms with E-state index in [1.165, 1.54) is 13.8 Å². The van der Waals surface area contributed by atoms with E-state index in [-0.39, 0.29) is 24.9 Å². The maximum atomic E-state index is 13.4. The third-order valence-electron chi connectivity index (χ3n) is 23.0. The summed E-state index contributed by atoms with van der Waals surface area (Å²) in [6.45, 7) is 18.4. The van der Waals surface area contributed by atoms with E-state index in [0.29, 0.717) is 44.1 Å². The topological polar surface area (TPSA) is 427 Å². The van der Waals surface area contributed by atoms with E-state index in [1.54, 1.807) is 19.9 Å². The lowest BCUT2D eigenvalue weighted by Crippen LogP contribution is -2.72. The lowest BCUT2D eigenvalue weighted by Gasteiger charge is -2.72. The van der Waals surface area contributed by atoms with Gasteiger partial charge in [0.05, 0.1) is 36.9 Å². The summed E-state index contributed by atoms with van der Waals surface area (Å²) in [7, 11) is 0. The Balaban J connectivity index is 1.05. The molecule has 9 aliphatic rings. The summed E-state index contributed by atoms with van der Waals surface area (Å²) in [5, 5.41) is 157. The van der Waals surface area contributed by atoms with Crippen LogP contribution in [0.4, 0.5) is 0 Å². The van der Waals surface area contributed by atoms with E-state index < -0.39 is 217 Å². The van der Waals surface area contributed by atoms with Crippen LogP contribution in [0.5, 0.6) is 0 Å². The second-order valence-electron chi connectivity index (χ2n) is 28.5. The Hall–Kier alpha value is -2.95. The zero-order valence-electron chi connectivity index (χ0n) is 51.9. The van der Waals surface area contributed by atoms with Crippen molar-refractivity contribution < 1.29 is 133 Å². The zero-order chi connectivity index (χ0) is 65.0. The number of carboxylic acid groups (broad SMARTS) is 1. The molecule has 14 N–H and O–H groups in total. The molecule has 0 aromatic carbocycles. The maximum Gasteiger partial charge on any atom is 0.335 e. The Morgan fingerprint density at radius 1 is 0.636 bits per heavy atom. The molecule has 4 saturated carbocycles. The summed E-state index contributed by atoms with van der Waals surface area (Å²) in [6, 6.07) is 0. The number of allylic oxidation sites excluding steroid dienone is 3. The number of fused-ring (bicyclic) bond motifs is 7. The number of carbonyl (C=O) groups is 3. The maximum absolute atomic E-state index is 13.4. The number of aliphatic carboxylic acids is 1. The number of rotatable bonds is 15. The first-order valence-corrected chi connectivity index (χ1v) is 30.9. The van der Waals surface area contributed by atoms with Crippen LogP contribution >= 0.6 is 0 Å². The quantitative estimate of drug-likeness (QED) is 0.0386. The minimum Gasteiger partial charge on any atom is -0.479 e. The number of carboxylic acids is 1. The molecule has 31 atom stereocenters. The molecule has 4 saturated heterocycles. The van der Waals surface area contributed by atoms with Gasteiger partial charge in [0, 0.05) is 17.9 Å². The van der Waals surface area contributed by atoms with Gasteiger partial charge in [0.15, 0.2) is 31.3 Å². The van der Waals surface area contributed by atoms with Gasteiger partial charge in [0.25, 0.3) is 0 Å². The second-order valence-corrected chi connectivity index (χ2v) is 28.5. The SMILES string of the molecule is CC=C(C)C(=O)OC1C(O)C2(COC(C)=O)C(O)CC3(C)C(=CCC4C5(C)CCC(OC6OC(C(=O)O)C(O)C(OC7OC(CO)C(O)C(O)C7OC7OC(C)C(O)C(O)C7O)C6OC6OC(CO)C(O)C(O)C6O)C(C)(C)C5CCC43C)C2CC1(C)C. The Labute approximate surface area is 511 Å². The fourth-order valence-corrected chi connectivity index (χ4v) is 17.5. The average molecular weight is 1260 g/mol. The zero-order valence-corrected chi connectivity index (χ0v) is 51.9. The minimum absolute atomic E-state index is 0.0311. The number of carbonyl (C=O) groups excluding carboxylic acids is 2. The number of ether oxygens (including phenoxy) is 10. The highest BCUT2D eigenvalue weighted by molar-refractivity contribution is 5.87. The summed E-state index contributed by atoms with van der Waals surface area (Å²) >= 11 is 0. The van der Waals surface area contributed by atoms with Gasteiger partial charge in [-0.3, -0.25) is 4.79 Å². The van der Waals surface area contributed by atoms with Gasteiger partial charge in [-0.15, -0.1) is 0 Å². The summed E-state index contributed by atoms with van der Waals surface area (Å²) in [4.78, 5) is 39.2. The van der Waals surface area contributed by atoms with Crippen molar-refractivity contribution >= 4 is 17.9 Å². The number of aliphatic hydroxyl groups is 13. The third kappa shape index (κ3) is 11.4. The van der Waals surface area contributed by atoms with Crippen LogP contribution in [0, 0.1) is 50.2 Å². The molecule has 0 aromatic rings. The smallest absolute Gasteiger partial charge is 0.335 e. The minimum atomic E-state index is -2.29. The molecule has 31 unspecified atom stereocenters. The highest BCUT2D eigenvalue weighted by atomic mass is 16.8. The second kappa shape index (κ2) is 25.4. The van der Waals surface area contributed by atoms with Gasteiger partial charge < -0.3 is 119 Å². The van der Waals surface area contributed by atoms with E-state index in [2.05, 4.69) is 26.8 Å². The monoisotopic (exact) mass is 1260 g/mol. The molecule has 0 aromatic heterocycles. The van der Waals surface area contributed by atoms with Gasteiger partial charge >= 0.3 is 17.9 Å². The van der Waals surface area contributed by atoms with Crippen LogP contribution in [0.25, 0.3) is 0 Å². The largest absolute Gasteiger partial charge is 0.479 e. The molecule has 0 bridgehead atoms. The summed E-state index contributed by atoms with van der Waals surface area (Å²) in [5.41, 5.74) is -3.32. The fourth-order valence-electron chi connectivity index (χ4n) is 17.5. The third-order valence-corrected chi connectivity index (χ3v) is 23.0. The molecular formula is C61H96O27. The molecule has 9 rings (SSSR count). The van der Waals surface area contributed by atoms with Gasteiger partial charge in [-0.05, 0) is 105 Å². The summed E-state index contributed by atoms with van der Waals surface area (Å²) < 4.78 is 61.0. The van der Waals surface area contributed by atoms with E-state index in [9.17, 15) is 85.9 Å². The van der Waals surface area contributed by atoms with E-state index in [0.717, 1.165) is 5.57 Å². The summed E-state index contributed by atoms with van der Waals surface area (Å²) in [5.74, 6) is -3.61. The Morgan fingerprint density at radius 3 is 1.81 bits per heavy atom. The molecule has 88 heavy (non-hydrogen) atoms. The molecule has 4 aliphatic heterocycles. The van der Waals surface area contributed by atoms with Crippen LogP contribution in [-0.4, -0.2) is 256 Å². The predicted molar refractivity (Wildman–Crippen MR) is 299 cm³/mol.